The normalized spacial score (nSPS) is 19.6. The third-order valence-corrected chi connectivity index (χ3v) is 2.33. The van der Waals surface area contributed by atoms with Gasteiger partial charge in [-0.05, 0) is 18.2 Å². The van der Waals surface area contributed by atoms with Crippen LogP contribution in [0.1, 0.15) is 5.56 Å². The molecule has 2 N–H and O–H groups in total. The van der Waals surface area contributed by atoms with Crippen molar-refractivity contribution in [1.82, 2.24) is 0 Å². The Kier molecular flexibility index (Phi) is 2.67. The molecule has 1 aliphatic heterocycles. The molecule has 0 saturated carbocycles. The van der Waals surface area contributed by atoms with Crippen LogP contribution in [0.15, 0.2) is 18.2 Å². The Hall–Kier alpha value is -1.43. The van der Waals surface area contributed by atoms with E-state index in [9.17, 15) is 13.2 Å². The summed E-state index contributed by atoms with van der Waals surface area (Å²) in [5.74, 6) is 0.166. The van der Waals surface area contributed by atoms with Crippen LogP contribution in [0, 0.1) is 0 Å². The summed E-state index contributed by atoms with van der Waals surface area (Å²) in [5.41, 5.74) is -0.270. The van der Waals surface area contributed by atoms with Crippen molar-refractivity contribution >= 4 is 5.69 Å². The Labute approximate surface area is 89.8 Å². The van der Waals surface area contributed by atoms with Crippen molar-refractivity contribution < 1.29 is 23.0 Å². The number of hydrogen-bond acceptors (Lipinski definition) is 3. The molecule has 1 aromatic carbocycles. The summed E-state index contributed by atoms with van der Waals surface area (Å²) in [7, 11) is 0. The molecule has 0 fully saturated rings. The Balaban J connectivity index is 2.28. The topological polar surface area (TPSA) is 41.5 Å². The minimum Gasteiger partial charge on any atom is -0.489 e. The predicted octanol–water partition coefficient (Wildman–Crippen LogP) is 1.87. The predicted molar refractivity (Wildman–Crippen MR) is 51.4 cm³/mol. The molecule has 1 atom stereocenters. The lowest BCUT2D eigenvalue weighted by molar-refractivity contribution is -0.137. The van der Waals surface area contributed by atoms with Crippen LogP contribution in [0.3, 0.4) is 0 Å². The summed E-state index contributed by atoms with van der Waals surface area (Å²) in [5, 5.41) is 11.8. The number of anilines is 1. The summed E-state index contributed by atoms with van der Waals surface area (Å²) in [4.78, 5) is 0. The molecule has 1 aliphatic rings. The van der Waals surface area contributed by atoms with Gasteiger partial charge in [-0.15, -0.1) is 0 Å². The summed E-state index contributed by atoms with van der Waals surface area (Å²) < 4.78 is 42.3. The molecular weight excluding hydrogens is 223 g/mol. The van der Waals surface area contributed by atoms with E-state index in [1.165, 1.54) is 6.07 Å². The summed E-state index contributed by atoms with van der Waals surface area (Å²) in [6, 6.07) is 2.97. The van der Waals surface area contributed by atoms with Gasteiger partial charge in [0.05, 0.1) is 23.9 Å². The lowest BCUT2D eigenvalue weighted by Gasteiger charge is -2.26. The summed E-state index contributed by atoms with van der Waals surface area (Å²) in [6.45, 7) is 0.0330. The second kappa shape index (κ2) is 3.86. The van der Waals surface area contributed by atoms with Gasteiger partial charge in [-0.3, -0.25) is 0 Å². The lowest BCUT2D eigenvalue weighted by Crippen LogP contribution is -2.34. The summed E-state index contributed by atoms with van der Waals surface area (Å²) in [6.07, 6.45) is -4.37. The summed E-state index contributed by atoms with van der Waals surface area (Å²) >= 11 is 0. The number of aliphatic hydroxyl groups excluding tert-OH is 1. The number of halogens is 3. The number of alkyl halides is 3. The molecule has 0 amide bonds. The van der Waals surface area contributed by atoms with Crippen LogP contribution < -0.4 is 10.1 Å². The molecule has 2 rings (SSSR count). The smallest absolute Gasteiger partial charge is 0.416 e. The third kappa shape index (κ3) is 2.06. The molecule has 88 valence electrons. The van der Waals surface area contributed by atoms with Crippen molar-refractivity contribution in [3.8, 4) is 5.75 Å². The second-order valence-electron chi connectivity index (χ2n) is 3.54. The molecule has 16 heavy (non-hydrogen) atoms. The molecule has 0 saturated heterocycles. The van der Waals surface area contributed by atoms with Gasteiger partial charge in [0.15, 0.2) is 0 Å². The van der Waals surface area contributed by atoms with Gasteiger partial charge in [0, 0.05) is 0 Å². The van der Waals surface area contributed by atoms with Gasteiger partial charge in [-0.1, -0.05) is 0 Å². The van der Waals surface area contributed by atoms with E-state index in [-0.39, 0.29) is 25.0 Å². The van der Waals surface area contributed by atoms with Crippen LogP contribution in [-0.4, -0.2) is 24.4 Å². The monoisotopic (exact) mass is 233 g/mol. The maximum atomic E-state index is 12.4. The first-order valence-electron chi connectivity index (χ1n) is 4.72. The minimum absolute atomic E-state index is 0.125. The van der Waals surface area contributed by atoms with E-state index < -0.39 is 11.7 Å². The van der Waals surface area contributed by atoms with Gasteiger partial charge >= 0.3 is 6.18 Å². The minimum atomic E-state index is -4.37. The number of ether oxygens (including phenoxy) is 1. The number of nitrogens with one attached hydrogen (secondary N) is 1. The van der Waals surface area contributed by atoms with Crippen LogP contribution in [0.4, 0.5) is 18.9 Å². The highest BCUT2D eigenvalue weighted by Gasteiger charge is 2.32. The zero-order valence-corrected chi connectivity index (χ0v) is 8.21. The van der Waals surface area contributed by atoms with Gasteiger partial charge in [-0.2, -0.15) is 13.2 Å². The Morgan fingerprint density at radius 1 is 1.44 bits per heavy atom. The van der Waals surface area contributed by atoms with Gasteiger partial charge in [-0.25, -0.2) is 0 Å². The Morgan fingerprint density at radius 3 is 2.81 bits per heavy atom. The maximum absolute atomic E-state index is 12.4. The van der Waals surface area contributed by atoms with Crippen molar-refractivity contribution in [1.29, 1.82) is 0 Å². The van der Waals surface area contributed by atoms with Gasteiger partial charge in [0.2, 0.25) is 0 Å². The second-order valence-corrected chi connectivity index (χ2v) is 3.54. The number of aliphatic hydroxyl groups is 1. The molecule has 1 heterocycles. The molecule has 0 spiro atoms. The van der Waals surface area contributed by atoms with Crippen LogP contribution >= 0.6 is 0 Å². The van der Waals surface area contributed by atoms with E-state index in [1.54, 1.807) is 0 Å². The molecule has 6 heteroatoms. The van der Waals surface area contributed by atoms with Crippen LogP contribution in [0.25, 0.3) is 0 Å². The van der Waals surface area contributed by atoms with Crippen LogP contribution in [0.2, 0.25) is 0 Å². The first-order chi connectivity index (χ1) is 7.50. The SMILES string of the molecule is OCC1COc2cc(C(F)(F)F)ccc2N1. The molecule has 0 radical (unpaired) electrons. The van der Waals surface area contributed by atoms with Crippen molar-refractivity contribution in [2.24, 2.45) is 0 Å². The first kappa shape index (κ1) is 11.1. The van der Waals surface area contributed by atoms with E-state index in [0.717, 1.165) is 12.1 Å². The van der Waals surface area contributed by atoms with E-state index in [0.29, 0.717) is 5.69 Å². The van der Waals surface area contributed by atoms with E-state index in [2.05, 4.69) is 5.32 Å². The molecule has 1 aromatic rings. The van der Waals surface area contributed by atoms with E-state index in [4.69, 9.17) is 9.84 Å². The van der Waals surface area contributed by atoms with Gasteiger partial charge in [0.1, 0.15) is 12.4 Å². The third-order valence-electron chi connectivity index (χ3n) is 2.33. The van der Waals surface area contributed by atoms with Gasteiger partial charge in [0.25, 0.3) is 0 Å². The van der Waals surface area contributed by atoms with Crippen molar-refractivity contribution in [3.63, 3.8) is 0 Å². The average molecular weight is 233 g/mol. The molecule has 3 nitrogen and oxygen atoms in total. The molecular formula is C10H10F3NO2. The van der Waals surface area contributed by atoms with E-state index in [1.807, 2.05) is 0 Å². The maximum Gasteiger partial charge on any atom is 0.416 e. The van der Waals surface area contributed by atoms with Gasteiger partial charge < -0.3 is 15.2 Å². The van der Waals surface area contributed by atoms with Crippen molar-refractivity contribution in [2.45, 2.75) is 12.2 Å². The number of fused-ring (bicyclic) bond motifs is 1. The lowest BCUT2D eigenvalue weighted by atomic mass is 10.1. The number of benzene rings is 1. The molecule has 1 unspecified atom stereocenters. The fourth-order valence-corrected chi connectivity index (χ4v) is 1.49. The zero-order valence-electron chi connectivity index (χ0n) is 8.21. The number of rotatable bonds is 1. The van der Waals surface area contributed by atoms with Crippen LogP contribution in [0.5, 0.6) is 5.75 Å². The van der Waals surface area contributed by atoms with E-state index >= 15 is 0 Å². The molecule has 0 bridgehead atoms. The Bertz CT molecular complexity index is 392. The number of hydrogen-bond donors (Lipinski definition) is 2. The fraction of sp³-hybridized carbons (Fsp3) is 0.400. The fourth-order valence-electron chi connectivity index (χ4n) is 1.49. The highest BCUT2D eigenvalue weighted by Crippen LogP contribution is 2.36. The molecule has 0 aromatic heterocycles. The standard InChI is InChI=1S/C10H10F3NO2/c11-10(12,13)6-1-2-8-9(3-6)16-5-7(4-15)14-8/h1-3,7,14-15H,4-5H2. The van der Waals surface area contributed by atoms with Crippen molar-refractivity contribution in [3.05, 3.63) is 23.8 Å². The highest BCUT2D eigenvalue weighted by molar-refractivity contribution is 5.60. The highest BCUT2D eigenvalue weighted by atomic mass is 19.4. The first-order valence-corrected chi connectivity index (χ1v) is 4.72. The quantitative estimate of drug-likeness (QED) is 0.778. The average Bonchev–Trinajstić information content (AvgIpc) is 2.26. The molecule has 0 aliphatic carbocycles. The van der Waals surface area contributed by atoms with Crippen LogP contribution in [-0.2, 0) is 6.18 Å². The largest absolute Gasteiger partial charge is 0.489 e. The Morgan fingerprint density at radius 2 is 2.19 bits per heavy atom. The zero-order chi connectivity index (χ0) is 11.8. The van der Waals surface area contributed by atoms with Crippen molar-refractivity contribution in [2.75, 3.05) is 18.5 Å².